The number of halogens is 1. The van der Waals surface area contributed by atoms with Crippen molar-refractivity contribution < 1.29 is 9.59 Å². The molecule has 0 aliphatic carbocycles. The van der Waals surface area contributed by atoms with Crippen molar-refractivity contribution in [2.45, 2.75) is 19.3 Å². The van der Waals surface area contributed by atoms with Crippen LogP contribution in [0.4, 0.5) is 0 Å². The molecule has 1 aromatic rings. The van der Waals surface area contributed by atoms with E-state index in [1.165, 1.54) is 0 Å². The number of hydrogen-bond donors (Lipinski definition) is 0. The summed E-state index contributed by atoms with van der Waals surface area (Å²) in [6.07, 6.45) is 2.58. The number of rotatable bonds is 4. The molecule has 2 aliphatic rings. The van der Waals surface area contributed by atoms with Crippen LogP contribution in [0.25, 0.3) is 0 Å². The lowest BCUT2D eigenvalue weighted by Gasteiger charge is -2.35. The lowest BCUT2D eigenvalue weighted by molar-refractivity contribution is -0.134. The fourth-order valence-electron chi connectivity index (χ4n) is 3.33. The zero-order chi connectivity index (χ0) is 16.9. The quantitative estimate of drug-likeness (QED) is 0.830. The van der Waals surface area contributed by atoms with Gasteiger partial charge in [0.25, 0.3) is 0 Å². The van der Waals surface area contributed by atoms with E-state index in [9.17, 15) is 9.59 Å². The predicted octanol–water partition coefficient (Wildman–Crippen LogP) is 1.65. The number of carbonyl (C=O) groups is 2. The normalized spacial score (nSPS) is 18.9. The fourth-order valence-corrected chi connectivity index (χ4v) is 3.53. The number of hydrogen-bond acceptors (Lipinski definition) is 3. The van der Waals surface area contributed by atoms with Crippen molar-refractivity contribution in [3.05, 3.63) is 34.9 Å². The average molecular weight is 350 g/mol. The first-order chi connectivity index (χ1) is 11.6. The van der Waals surface area contributed by atoms with Crippen molar-refractivity contribution in [2.24, 2.45) is 0 Å². The molecule has 3 rings (SSSR count). The van der Waals surface area contributed by atoms with Gasteiger partial charge in [0, 0.05) is 44.3 Å². The molecule has 2 amide bonds. The SMILES string of the molecule is O=C(Cc1ccccc1Cl)N1CCN(CC(=O)N2CCCC2)CC1. The number of likely N-dealkylation sites (tertiary alicyclic amines) is 1. The van der Waals surface area contributed by atoms with Crippen LogP contribution in [0.5, 0.6) is 0 Å². The Morgan fingerprint density at radius 3 is 2.17 bits per heavy atom. The van der Waals surface area contributed by atoms with Gasteiger partial charge in [0.15, 0.2) is 0 Å². The first-order valence-corrected chi connectivity index (χ1v) is 9.02. The molecule has 0 atom stereocenters. The number of amides is 2. The molecular weight excluding hydrogens is 326 g/mol. The van der Waals surface area contributed by atoms with Crippen LogP contribution in [0.2, 0.25) is 5.02 Å². The smallest absolute Gasteiger partial charge is 0.236 e. The van der Waals surface area contributed by atoms with Crippen LogP contribution in [-0.4, -0.2) is 72.3 Å². The molecule has 0 radical (unpaired) electrons. The van der Waals surface area contributed by atoms with Crippen LogP contribution >= 0.6 is 11.6 Å². The summed E-state index contributed by atoms with van der Waals surface area (Å²) >= 11 is 6.13. The number of benzene rings is 1. The van der Waals surface area contributed by atoms with Crippen LogP contribution in [0.3, 0.4) is 0 Å². The van der Waals surface area contributed by atoms with Crippen LogP contribution in [0.1, 0.15) is 18.4 Å². The van der Waals surface area contributed by atoms with Gasteiger partial charge in [-0.2, -0.15) is 0 Å². The van der Waals surface area contributed by atoms with Gasteiger partial charge in [0.05, 0.1) is 13.0 Å². The lowest BCUT2D eigenvalue weighted by atomic mass is 10.1. The van der Waals surface area contributed by atoms with E-state index in [4.69, 9.17) is 11.6 Å². The van der Waals surface area contributed by atoms with Gasteiger partial charge in [0.2, 0.25) is 11.8 Å². The maximum atomic E-state index is 12.4. The molecule has 2 heterocycles. The van der Waals surface area contributed by atoms with Crippen LogP contribution in [0, 0.1) is 0 Å². The first-order valence-electron chi connectivity index (χ1n) is 8.65. The van der Waals surface area contributed by atoms with Crippen LogP contribution in [-0.2, 0) is 16.0 Å². The van der Waals surface area contributed by atoms with E-state index >= 15 is 0 Å². The van der Waals surface area contributed by atoms with Gasteiger partial charge in [-0.05, 0) is 24.5 Å². The summed E-state index contributed by atoms with van der Waals surface area (Å²) in [5, 5.41) is 0.640. The molecule has 1 aromatic carbocycles. The molecule has 6 heteroatoms. The average Bonchev–Trinajstić information content (AvgIpc) is 3.12. The summed E-state index contributed by atoms with van der Waals surface area (Å²) in [4.78, 5) is 30.6. The fraction of sp³-hybridized carbons (Fsp3) is 0.556. The highest BCUT2D eigenvalue weighted by Crippen LogP contribution is 2.17. The largest absolute Gasteiger partial charge is 0.342 e. The molecular formula is C18H24ClN3O2. The minimum Gasteiger partial charge on any atom is -0.342 e. The molecule has 24 heavy (non-hydrogen) atoms. The Morgan fingerprint density at radius 2 is 1.50 bits per heavy atom. The van der Waals surface area contributed by atoms with E-state index in [1.807, 2.05) is 34.1 Å². The second kappa shape index (κ2) is 7.99. The molecule has 0 bridgehead atoms. The summed E-state index contributed by atoms with van der Waals surface area (Å²) in [7, 11) is 0. The van der Waals surface area contributed by atoms with Crippen molar-refractivity contribution in [2.75, 3.05) is 45.8 Å². The monoisotopic (exact) mass is 349 g/mol. The number of nitrogens with zero attached hydrogens (tertiary/aromatic N) is 3. The third kappa shape index (κ3) is 4.28. The zero-order valence-corrected chi connectivity index (χ0v) is 14.7. The Bertz CT molecular complexity index is 594. The highest BCUT2D eigenvalue weighted by molar-refractivity contribution is 6.31. The van der Waals surface area contributed by atoms with Gasteiger partial charge < -0.3 is 9.80 Å². The van der Waals surface area contributed by atoms with E-state index in [-0.39, 0.29) is 11.8 Å². The highest BCUT2D eigenvalue weighted by atomic mass is 35.5. The van der Waals surface area contributed by atoms with E-state index in [0.29, 0.717) is 31.1 Å². The van der Waals surface area contributed by atoms with Crippen LogP contribution in [0.15, 0.2) is 24.3 Å². The summed E-state index contributed by atoms with van der Waals surface area (Å²) in [5.41, 5.74) is 0.871. The molecule has 0 spiro atoms. The van der Waals surface area contributed by atoms with Crippen molar-refractivity contribution in [3.63, 3.8) is 0 Å². The third-order valence-corrected chi connectivity index (χ3v) is 5.21. The van der Waals surface area contributed by atoms with Gasteiger partial charge in [-0.1, -0.05) is 29.8 Å². The van der Waals surface area contributed by atoms with Crippen molar-refractivity contribution in [1.29, 1.82) is 0 Å². The third-order valence-electron chi connectivity index (χ3n) is 4.84. The standard InChI is InChI=1S/C18H24ClN3O2/c19-16-6-2-1-5-15(16)13-17(23)22-11-9-20(10-12-22)14-18(24)21-7-3-4-8-21/h1-2,5-6H,3-4,7-14H2. The molecule has 0 N–H and O–H groups in total. The second-order valence-electron chi connectivity index (χ2n) is 6.51. The summed E-state index contributed by atoms with van der Waals surface area (Å²) < 4.78 is 0. The Hall–Kier alpha value is -1.59. The van der Waals surface area contributed by atoms with Crippen molar-refractivity contribution in [3.8, 4) is 0 Å². The molecule has 0 aromatic heterocycles. The van der Waals surface area contributed by atoms with Crippen molar-refractivity contribution >= 4 is 23.4 Å². The summed E-state index contributed by atoms with van der Waals surface area (Å²) in [5.74, 6) is 0.331. The number of piperazine rings is 1. The van der Waals surface area contributed by atoms with Gasteiger partial charge in [-0.15, -0.1) is 0 Å². The first kappa shape index (κ1) is 17.2. The van der Waals surface area contributed by atoms with Gasteiger partial charge in [-0.25, -0.2) is 0 Å². The number of carbonyl (C=O) groups excluding carboxylic acids is 2. The maximum absolute atomic E-state index is 12.4. The molecule has 0 unspecified atom stereocenters. The minimum absolute atomic E-state index is 0.105. The molecule has 5 nitrogen and oxygen atoms in total. The van der Waals surface area contributed by atoms with E-state index in [2.05, 4.69) is 4.90 Å². The minimum atomic E-state index is 0.105. The molecule has 0 saturated carbocycles. The lowest BCUT2D eigenvalue weighted by Crippen LogP contribution is -2.51. The van der Waals surface area contributed by atoms with Gasteiger partial charge in [0.1, 0.15) is 0 Å². The highest BCUT2D eigenvalue weighted by Gasteiger charge is 2.25. The predicted molar refractivity (Wildman–Crippen MR) is 94.0 cm³/mol. The van der Waals surface area contributed by atoms with Gasteiger partial charge in [-0.3, -0.25) is 14.5 Å². The van der Waals surface area contributed by atoms with E-state index in [0.717, 1.165) is 44.6 Å². The van der Waals surface area contributed by atoms with E-state index < -0.39 is 0 Å². The molecule has 2 aliphatic heterocycles. The summed E-state index contributed by atoms with van der Waals surface area (Å²) in [6, 6.07) is 7.47. The molecule has 130 valence electrons. The second-order valence-corrected chi connectivity index (χ2v) is 6.92. The Kier molecular flexibility index (Phi) is 5.74. The Morgan fingerprint density at radius 1 is 0.875 bits per heavy atom. The summed E-state index contributed by atoms with van der Waals surface area (Å²) in [6.45, 7) is 5.14. The Balaban J connectivity index is 1.45. The topological polar surface area (TPSA) is 43.9 Å². The molecule has 2 saturated heterocycles. The van der Waals surface area contributed by atoms with Crippen LogP contribution < -0.4 is 0 Å². The molecule has 2 fully saturated rings. The van der Waals surface area contributed by atoms with Gasteiger partial charge >= 0.3 is 0 Å². The Labute approximate surface area is 148 Å². The van der Waals surface area contributed by atoms with E-state index in [1.54, 1.807) is 0 Å². The maximum Gasteiger partial charge on any atom is 0.236 e. The zero-order valence-electron chi connectivity index (χ0n) is 13.9. The van der Waals surface area contributed by atoms with Crippen molar-refractivity contribution in [1.82, 2.24) is 14.7 Å².